The summed E-state index contributed by atoms with van der Waals surface area (Å²) in [4.78, 5) is 24.3. The number of hydrogen-bond donors (Lipinski definition) is 1. The normalized spacial score (nSPS) is 18.0. The van der Waals surface area contributed by atoms with Crippen molar-refractivity contribution >= 4 is 23.6 Å². The number of benzene rings is 1. The fourth-order valence-electron chi connectivity index (χ4n) is 2.39. The number of carboxylic acid groups (broad SMARTS) is 1. The first-order valence-corrected chi connectivity index (χ1v) is 8.41. The summed E-state index contributed by atoms with van der Waals surface area (Å²) >= 11 is 1.64. The number of amides is 1. The zero-order chi connectivity index (χ0) is 16.1. The van der Waals surface area contributed by atoms with Gasteiger partial charge in [0.2, 0.25) is 5.91 Å². The monoisotopic (exact) mass is 323 g/mol. The smallest absolute Gasteiger partial charge is 0.303 e. The van der Waals surface area contributed by atoms with Crippen molar-refractivity contribution in [2.24, 2.45) is 0 Å². The van der Waals surface area contributed by atoms with Crippen LogP contribution in [-0.2, 0) is 9.59 Å². The van der Waals surface area contributed by atoms with E-state index in [1.54, 1.807) is 11.8 Å². The molecule has 1 fully saturated rings. The lowest BCUT2D eigenvalue weighted by Gasteiger charge is -2.28. The van der Waals surface area contributed by atoms with Crippen LogP contribution >= 0.6 is 11.8 Å². The zero-order valence-corrected chi connectivity index (χ0v) is 13.6. The third kappa shape index (κ3) is 4.16. The Morgan fingerprint density at radius 2 is 2.09 bits per heavy atom. The van der Waals surface area contributed by atoms with Gasteiger partial charge in [-0.05, 0) is 38.0 Å². The highest BCUT2D eigenvalue weighted by Gasteiger charge is 2.34. The molecule has 1 saturated heterocycles. The average molecular weight is 323 g/mol. The van der Waals surface area contributed by atoms with Crippen LogP contribution in [0.2, 0.25) is 0 Å². The Morgan fingerprint density at radius 1 is 1.41 bits per heavy atom. The molecule has 120 valence electrons. The molecule has 2 rings (SSSR count). The van der Waals surface area contributed by atoms with E-state index in [1.165, 1.54) is 0 Å². The topological polar surface area (TPSA) is 66.8 Å². The van der Waals surface area contributed by atoms with E-state index in [-0.39, 0.29) is 23.7 Å². The number of ether oxygens (including phenoxy) is 1. The first-order chi connectivity index (χ1) is 10.5. The molecule has 0 saturated carbocycles. The molecular formula is C16H21NO4S. The summed E-state index contributed by atoms with van der Waals surface area (Å²) in [5.74, 6) is 0.616. The fourth-order valence-corrected chi connectivity index (χ4v) is 3.71. The molecule has 22 heavy (non-hydrogen) atoms. The van der Waals surface area contributed by atoms with Crippen LogP contribution in [0.25, 0.3) is 0 Å². The van der Waals surface area contributed by atoms with Gasteiger partial charge in [-0.2, -0.15) is 0 Å². The third-order valence-corrected chi connectivity index (χ3v) is 4.66. The highest BCUT2D eigenvalue weighted by Crippen LogP contribution is 2.40. The van der Waals surface area contributed by atoms with Gasteiger partial charge in [-0.3, -0.25) is 9.59 Å². The van der Waals surface area contributed by atoms with Crippen LogP contribution in [0, 0.1) is 0 Å². The van der Waals surface area contributed by atoms with Gasteiger partial charge in [-0.15, -0.1) is 11.8 Å². The Kier molecular flexibility index (Phi) is 5.71. The fraction of sp³-hybridized carbons (Fsp3) is 0.500. The molecule has 6 heteroatoms. The summed E-state index contributed by atoms with van der Waals surface area (Å²) < 4.78 is 5.52. The minimum Gasteiger partial charge on any atom is -0.494 e. The Labute approximate surface area is 134 Å². The van der Waals surface area contributed by atoms with Gasteiger partial charge >= 0.3 is 5.97 Å². The van der Waals surface area contributed by atoms with Crippen molar-refractivity contribution in [2.45, 2.75) is 38.1 Å². The van der Waals surface area contributed by atoms with Crippen molar-refractivity contribution in [1.29, 1.82) is 0 Å². The minimum absolute atomic E-state index is 0.0635. The van der Waals surface area contributed by atoms with Crippen LogP contribution in [0.4, 0.5) is 0 Å². The third-order valence-electron chi connectivity index (χ3n) is 3.43. The Bertz CT molecular complexity index is 529. The van der Waals surface area contributed by atoms with Crippen LogP contribution in [0.5, 0.6) is 5.75 Å². The van der Waals surface area contributed by atoms with E-state index in [4.69, 9.17) is 9.84 Å². The lowest BCUT2D eigenvalue weighted by Crippen LogP contribution is -2.34. The molecule has 1 N–H and O–H groups in total. The SMILES string of the molecule is CC(C)N1C(=O)CSC1c1ccc(OCCCC(=O)O)cc1. The molecule has 0 spiro atoms. The molecule has 1 unspecified atom stereocenters. The van der Waals surface area contributed by atoms with Crippen LogP contribution in [0.15, 0.2) is 24.3 Å². The van der Waals surface area contributed by atoms with Gasteiger partial charge < -0.3 is 14.7 Å². The quantitative estimate of drug-likeness (QED) is 0.782. The molecule has 0 bridgehead atoms. The molecule has 1 aromatic carbocycles. The van der Waals surface area contributed by atoms with Crippen LogP contribution in [-0.4, -0.2) is 40.3 Å². The summed E-state index contributed by atoms with van der Waals surface area (Å²) in [7, 11) is 0. The number of rotatable bonds is 7. The first kappa shape index (κ1) is 16.7. The van der Waals surface area contributed by atoms with Crippen LogP contribution in [0.3, 0.4) is 0 Å². The van der Waals surface area contributed by atoms with Crippen molar-refractivity contribution in [3.63, 3.8) is 0 Å². The molecule has 1 heterocycles. The highest BCUT2D eigenvalue weighted by molar-refractivity contribution is 8.00. The second-order valence-electron chi connectivity index (χ2n) is 5.47. The standard InChI is InChI=1S/C16H21NO4S/c1-11(2)17-14(18)10-22-16(17)12-5-7-13(8-6-12)21-9-3-4-15(19)20/h5-8,11,16H,3-4,9-10H2,1-2H3,(H,19,20). The number of hydrogen-bond acceptors (Lipinski definition) is 4. The molecule has 1 amide bonds. The summed E-state index contributed by atoms with van der Waals surface area (Å²) in [5.41, 5.74) is 1.09. The zero-order valence-electron chi connectivity index (χ0n) is 12.8. The molecule has 0 aromatic heterocycles. The van der Waals surface area contributed by atoms with Gasteiger partial charge in [0, 0.05) is 12.5 Å². The molecule has 1 atom stereocenters. The maximum absolute atomic E-state index is 11.9. The number of aliphatic carboxylic acids is 1. The van der Waals surface area contributed by atoms with Gasteiger partial charge in [0.05, 0.1) is 12.4 Å². The molecule has 1 aromatic rings. The number of nitrogens with zero attached hydrogens (tertiary/aromatic N) is 1. The van der Waals surface area contributed by atoms with E-state index in [9.17, 15) is 9.59 Å². The van der Waals surface area contributed by atoms with E-state index in [0.29, 0.717) is 18.8 Å². The van der Waals surface area contributed by atoms with E-state index in [0.717, 1.165) is 11.3 Å². The molecule has 0 aliphatic carbocycles. The predicted octanol–water partition coefficient (Wildman–Crippen LogP) is 2.91. The Morgan fingerprint density at radius 3 is 2.68 bits per heavy atom. The summed E-state index contributed by atoms with van der Waals surface area (Å²) in [6, 6.07) is 7.87. The molecular weight excluding hydrogens is 302 g/mol. The van der Waals surface area contributed by atoms with Gasteiger partial charge in [0.25, 0.3) is 0 Å². The summed E-state index contributed by atoms with van der Waals surface area (Å²) in [6.07, 6.45) is 0.605. The Balaban J connectivity index is 1.94. The van der Waals surface area contributed by atoms with Crippen LogP contribution in [0.1, 0.15) is 37.6 Å². The van der Waals surface area contributed by atoms with Gasteiger partial charge in [-0.25, -0.2) is 0 Å². The minimum atomic E-state index is -0.810. The number of carbonyl (C=O) groups excluding carboxylic acids is 1. The second-order valence-corrected chi connectivity index (χ2v) is 6.54. The van der Waals surface area contributed by atoms with Crippen LogP contribution < -0.4 is 4.74 Å². The number of thioether (sulfide) groups is 1. The average Bonchev–Trinajstić information content (AvgIpc) is 2.86. The van der Waals surface area contributed by atoms with E-state index in [1.807, 2.05) is 43.0 Å². The van der Waals surface area contributed by atoms with Crippen molar-refractivity contribution in [3.05, 3.63) is 29.8 Å². The first-order valence-electron chi connectivity index (χ1n) is 7.36. The van der Waals surface area contributed by atoms with Gasteiger partial charge in [0.1, 0.15) is 11.1 Å². The maximum Gasteiger partial charge on any atom is 0.303 e. The molecule has 0 radical (unpaired) electrons. The molecule has 1 aliphatic heterocycles. The Hall–Kier alpha value is -1.69. The van der Waals surface area contributed by atoms with E-state index < -0.39 is 5.97 Å². The van der Waals surface area contributed by atoms with E-state index in [2.05, 4.69) is 0 Å². The van der Waals surface area contributed by atoms with Crippen molar-refractivity contribution in [3.8, 4) is 5.75 Å². The van der Waals surface area contributed by atoms with Crippen molar-refractivity contribution in [2.75, 3.05) is 12.4 Å². The van der Waals surface area contributed by atoms with Crippen molar-refractivity contribution in [1.82, 2.24) is 4.90 Å². The number of carboxylic acids is 1. The molecule has 5 nitrogen and oxygen atoms in total. The van der Waals surface area contributed by atoms with Gasteiger partial charge in [0.15, 0.2) is 0 Å². The summed E-state index contributed by atoms with van der Waals surface area (Å²) in [5, 5.41) is 8.63. The van der Waals surface area contributed by atoms with Gasteiger partial charge in [-0.1, -0.05) is 12.1 Å². The maximum atomic E-state index is 11.9. The number of carbonyl (C=O) groups is 2. The second kappa shape index (κ2) is 7.54. The summed E-state index contributed by atoms with van der Waals surface area (Å²) in [6.45, 7) is 4.44. The highest BCUT2D eigenvalue weighted by atomic mass is 32.2. The molecule has 1 aliphatic rings. The lowest BCUT2D eigenvalue weighted by atomic mass is 10.1. The van der Waals surface area contributed by atoms with Crippen molar-refractivity contribution < 1.29 is 19.4 Å². The predicted molar refractivity (Wildman–Crippen MR) is 86.0 cm³/mol. The lowest BCUT2D eigenvalue weighted by molar-refractivity contribution is -0.137. The largest absolute Gasteiger partial charge is 0.494 e. The van der Waals surface area contributed by atoms with E-state index >= 15 is 0 Å².